The number of aromatic nitrogens is 1. The highest BCUT2D eigenvalue weighted by Gasteiger charge is 2.33. The quantitative estimate of drug-likeness (QED) is 0.615. The van der Waals surface area contributed by atoms with Gasteiger partial charge in [0.15, 0.2) is 9.84 Å². The molecule has 0 saturated carbocycles. The largest absolute Gasteiger partial charge is 0.416 e. The minimum absolute atomic E-state index is 0.0580. The van der Waals surface area contributed by atoms with E-state index in [9.17, 15) is 21.6 Å². The lowest BCUT2D eigenvalue weighted by Gasteiger charge is -2.28. The molecule has 0 atom stereocenters. The molecule has 20 heavy (non-hydrogen) atoms. The van der Waals surface area contributed by atoms with Crippen LogP contribution in [0.3, 0.4) is 0 Å². The lowest BCUT2D eigenvalue weighted by Crippen LogP contribution is -2.40. The molecule has 2 rings (SSSR count). The van der Waals surface area contributed by atoms with Crippen LogP contribution in [0.5, 0.6) is 0 Å². The number of nitrogens with zero attached hydrogens (tertiary/aromatic N) is 2. The third-order valence-corrected chi connectivity index (χ3v) is 4.56. The molecule has 0 amide bonds. The van der Waals surface area contributed by atoms with Gasteiger partial charge in [-0.15, -0.1) is 0 Å². The van der Waals surface area contributed by atoms with Crippen molar-refractivity contribution >= 4 is 21.5 Å². The number of hydrogen-bond acceptors (Lipinski definition) is 6. The zero-order chi connectivity index (χ0) is 15.0. The van der Waals surface area contributed by atoms with Gasteiger partial charge in [-0.1, -0.05) is 0 Å². The number of anilines is 2. The molecule has 1 saturated heterocycles. The standard InChI is InChI=1S/C10H13F3N4O2S/c11-10(12,13)7-5-8(16-14)15-9(6-7)17-1-3-20(18,19)4-2-17/h5-6H,1-4,14H2,(H,15,16). The second-order valence-electron chi connectivity index (χ2n) is 4.38. The third kappa shape index (κ3) is 3.31. The molecule has 2 heterocycles. The molecule has 0 bridgehead atoms. The number of nitrogen functional groups attached to an aromatic ring is 1. The van der Waals surface area contributed by atoms with E-state index in [1.54, 1.807) is 0 Å². The van der Waals surface area contributed by atoms with E-state index >= 15 is 0 Å². The molecular weight excluding hydrogens is 297 g/mol. The van der Waals surface area contributed by atoms with E-state index in [1.165, 1.54) is 4.90 Å². The predicted molar refractivity (Wildman–Crippen MR) is 67.9 cm³/mol. The molecule has 0 aliphatic carbocycles. The summed E-state index contributed by atoms with van der Waals surface area (Å²) in [5.41, 5.74) is 1.19. The van der Waals surface area contributed by atoms with Crippen molar-refractivity contribution in [2.75, 3.05) is 34.9 Å². The Bertz CT molecular complexity index is 589. The van der Waals surface area contributed by atoms with Crippen LogP contribution in [0.4, 0.5) is 24.8 Å². The number of nitrogens with one attached hydrogen (secondary N) is 1. The second-order valence-corrected chi connectivity index (χ2v) is 6.68. The smallest absolute Gasteiger partial charge is 0.354 e. The van der Waals surface area contributed by atoms with Crippen molar-refractivity contribution in [3.8, 4) is 0 Å². The van der Waals surface area contributed by atoms with Gasteiger partial charge in [0, 0.05) is 13.1 Å². The van der Waals surface area contributed by atoms with Crippen molar-refractivity contribution in [3.63, 3.8) is 0 Å². The molecule has 0 aromatic carbocycles. The molecule has 0 unspecified atom stereocenters. The second kappa shape index (κ2) is 5.09. The van der Waals surface area contributed by atoms with Crippen LogP contribution in [0.2, 0.25) is 0 Å². The van der Waals surface area contributed by atoms with Crippen LogP contribution in [0.25, 0.3) is 0 Å². The first-order chi connectivity index (χ1) is 9.21. The SMILES string of the molecule is NNc1cc(C(F)(F)F)cc(N2CCS(=O)(=O)CC2)n1. The Kier molecular flexibility index (Phi) is 3.78. The van der Waals surface area contributed by atoms with Crippen molar-refractivity contribution < 1.29 is 21.6 Å². The maximum Gasteiger partial charge on any atom is 0.416 e. The molecule has 0 radical (unpaired) electrons. The first kappa shape index (κ1) is 14.9. The fourth-order valence-corrected chi connectivity index (χ4v) is 3.06. The summed E-state index contributed by atoms with van der Waals surface area (Å²) in [4.78, 5) is 5.43. The summed E-state index contributed by atoms with van der Waals surface area (Å²) < 4.78 is 60.9. The number of hydrazine groups is 1. The molecule has 1 aliphatic heterocycles. The van der Waals surface area contributed by atoms with Crippen LogP contribution in [0, 0.1) is 0 Å². The average molecular weight is 310 g/mol. The van der Waals surface area contributed by atoms with Gasteiger partial charge >= 0.3 is 6.18 Å². The normalized spacial score (nSPS) is 18.9. The number of halogens is 3. The van der Waals surface area contributed by atoms with Crippen molar-refractivity contribution in [3.05, 3.63) is 17.7 Å². The van der Waals surface area contributed by atoms with E-state index in [2.05, 4.69) is 10.4 Å². The minimum Gasteiger partial charge on any atom is -0.354 e. The Hall–Kier alpha value is -1.55. The molecule has 10 heteroatoms. The Morgan fingerprint density at radius 2 is 1.85 bits per heavy atom. The minimum atomic E-state index is -4.52. The summed E-state index contributed by atoms with van der Waals surface area (Å²) >= 11 is 0. The van der Waals surface area contributed by atoms with Gasteiger partial charge in [-0.2, -0.15) is 13.2 Å². The van der Waals surface area contributed by atoms with Gasteiger partial charge in [-0.3, -0.25) is 0 Å². The van der Waals surface area contributed by atoms with Crippen LogP contribution in [-0.2, 0) is 16.0 Å². The van der Waals surface area contributed by atoms with Gasteiger partial charge in [0.05, 0.1) is 17.1 Å². The summed E-state index contributed by atoms with van der Waals surface area (Å²) in [5.74, 6) is 4.84. The molecule has 0 spiro atoms. The summed E-state index contributed by atoms with van der Waals surface area (Å²) in [7, 11) is -3.11. The highest BCUT2D eigenvalue weighted by molar-refractivity contribution is 7.91. The van der Waals surface area contributed by atoms with E-state index in [0.717, 1.165) is 12.1 Å². The first-order valence-corrected chi connectivity index (χ1v) is 7.55. The van der Waals surface area contributed by atoms with Crippen LogP contribution in [0.15, 0.2) is 12.1 Å². The van der Waals surface area contributed by atoms with E-state index in [1.807, 2.05) is 0 Å². The maximum atomic E-state index is 12.8. The lowest BCUT2D eigenvalue weighted by atomic mass is 10.2. The van der Waals surface area contributed by atoms with Crippen molar-refractivity contribution in [1.82, 2.24) is 4.98 Å². The molecule has 3 N–H and O–H groups in total. The molecule has 112 valence electrons. The van der Waals surface area contributed by atoms with E-state index < -0.39 is 21.6 Å². The summed E-state index contributed by atoms with van der Waals surface area (Å²) in [6.07, 6.45) is -4.52. The van der Waals surface area contributed by atoms with Crippen LogP contribution >= 0.6 is 0 Å². The van der Waals surface area contributed by atoms with Crippen LogP contribution in [-0.4, -0.2) is 38.0 Å². The summed E-state index contributed by atoms with van der Waals surface area (Å²) in [5, 5.41) is 0. The van der Waals surface area contributed by atoms with Crippen LogP contribution in [0.1, 0.15) is 5.56 Å². The zero-order valence-corrected chi connectivity index (χ0v) is 11.1. The first-order valence-electron chi connectivity index (χ1n) is 5.72. The molecule has 1 aromatic heterocycles. The maximum absolute atomic E-state index is 12.8. The number of pyridine rings is 1. The van der Waals surface area contributed by atoms with E-state index in [4.69, 9.17) is 5.84 Å². The summed E-state index contributed by atoms with van der Waals surface area (Å²) in [6, 6.07) is 1.68. The van der Waals surface area contributed by atoms with E-state index in [0.29, 0.717) is 0 Å². The lowest BCUT2D eigenvalue weighted by molar-refractivity contribution is -0.137. The topological polar surface area (TPSA) is 88.3 Å². The van der Waals surface area contributed by atoms with E-state index in [-0.39, 0.29) is 36.2 Å². The fraction of sp³-hybridized carbons (Fsp3) is 0.500. The number of rotatable bonds is 2. The predicted octanol–water partition coefficient (Wildman–Crippen LogP) is 0.621. The Labute approximate surface area is 113 Å². The number of sulfone groups is 1. The van der Waals surface area contributed by atoms with Gasteiger partial charge < -0.3 is 10.3 Å². The van der Waals surface area contributed by atoms with Crippen molar-refractivity contribution in [1.29, 1.82) is 0 Å². The van der Waals surface area contributed by atoms with Gasteiger partial charge in [-0.05, 0) is 12.1 Å². The average Bonchev–Trinajstić information content (AvgIpc) is 2.37. The molecule has 1 aliphatic rings. The van der Waals surface area contributed by atoms with Gasteiger partial charge in [0.25, 0.3) is 0 Å². The number of hydrogen-bond donors (Lipinski definition) is 2. The molecule has 6 nitrogen and oxygen atoms in total. The third-order valence-electron chi connectivity index (χ3n) is 2.96. The monoisotopic (exact) mass is 310 g/mol. The van der Waals surface area contributed by atoms with Gasteiger partial charge in [0.1, 0.15) is 11.6 Å². The Morgan fingerprint density at radius 1 is 1.25 bits per heavy atom. The summed E-state index contributed by atoms with van der Waals surface area (Å²) in [6.45, 7) is 0.224. The number of nitrogens with two attached hydrogens (primary N) is 1. The molecule has 1 aromatic rings. The Morgan fingerprint density at radius 3 is 2.35 bits per heavy atom. The van der Waals surface area contributed by atoms with Crippen molar-refractivity contribution in [2.45, 2.75) is 6.18 Å². The Balaban J connectivity index is 2.32. The van der Waals surface area contributed by atoms with Gasteiger partial charge in [0.2, 0.25) is 0 Å². The van der Waals surface area contributed by atoms with Gasteiger partial charge in [-0.25, -0.2) is 19.2 Å². The zero-order valence-electron chi connectivity index (χ0n) is 10.3. The van der Waals surface area contributed by atoms with Crippen molar-refractivity contribution in [2.24, 2.45) is 5.84 Å². The highest BCUT2D eigenvalue weighted by atomic mass is 32.2. The fourth-order valence-electron chi connectivity index (χ4n) is 1.86. The molecule has 1 fully saturated rings. The number of alkyl halides is 3. The molecular formula is C10H13F3N4O2S. The van der Waals surface area contributed by atoms with Crippen LogP contribution < -0.4 is 16.2 Å². The highest BCUT2D eigenvalue weighted by Crippen LogP contribution is 2.33.